The minimum atomic E-state index is -0.515. The number of anilines is 1. The molecule has 5 nitrogen and oxygen atoms in total. The number of H-pyrrole nitrogens is 1. The van der Waals surface area contributed by atoms with Gasteiger partial charge < -0.3 is 10.7 Å². The number of aromatic amines is 1. The zero-order valence-electron chi connectivity index (χ0n) is 14.1. The number of rotatable bonds is 5. The van der Waals surface area contributed by atoms with Gasteiger partial charge in [-0.2, -0.15) is 0 Å². The summed E-state index contributed by atoms with van der Waals surface area (Å²) in [5.41, 5.74) is 9.05. The van der Waals surface area contributed by atoms with Crippen LogP contribution in [-0.4, -0.2) is 21.9 Å². The van der Waals surface area contributed by atoms with Crippen molar-refractivity contribution in [2.45, 2.75) is 51.6 Å². The molecule has 0 saturated carbocycles. The van der Waals surface area contributed by atoms with E-state index in [-0.39, 0.29) is 11.9 Å². The number of hydrogen-bond acceptors (Lipinski definition) is 3. The average Bonchev–Trinajstić information content (AvgIpc) is 3.17. The highest BCUT2D eigenvalue weighted by atomic mass is 35.5. The van der Waals surface area contributed by atoms with Gasteiger partial charge in [0.05, 0.1) is 12.1 Å². The molecule has 1 amide bonds. The molecule has 2 atom stereocenters. The molecule has 1 aromatic carbocycles. The van der Waals surface area contributed by atoms with Crippen LogP contribution in [0.2, 0.25) is 5.02 Å². The van der Waals surface area contributed by atoms with Crippen molar-refractivity contribution >= 4 is 23.2 Å². The van der Waals surface area contributed by atoms with E-state index in [2.05, 4.69) is 16.9 Å². The summed E-state index contributed by atoms with van der Waals surface area (Å²) in [6.07, 6.45) is 5.14. The molecule has 2 aromatic rings. The molecule has 0 saturated heterocycles. The maximum atomic E-state index is 12.9. The van der Waals surface area contributed by atoms with Gasteiger partial charge in [-0.25, -0.2) is 4.98 Å². The molecule has 1 aromatic heterocycles. The number of aryl methyl sites for hydroxylation is 1. The van der Waals surface area contributed by atoms with Crippen molar-refractivity contribution < 1.29 is 4.79 Å². The fourth-order valence-electron chi connectivity index (χ4n) is 3.21. The number of carbonyl (C=O) groups is 1. The molecule has 0 radical (unpaired) electrons. The molecule has 3 N–H and O–H groups in total. The van der Waals surface area contributed by atoms with Gasteiger partial charge in [-0.1, -0.05) is 31.9 Å². The first-order chi connectivity index (χ1) is 11.5. The summed E-state index contributed by atoms with van der Waals surface area (Å²) in [6.45, 7) is 4.05. The Kier molecular flexibility index (Phi) is 4.92. The number of amides is 1. The summed E-state index contributed by atoms with van der Waals surface area (Å²) in [5, 5.41) is 0.674. The van der Waals surface area contributed by atoms with Gasteiger partial charge >= 0.3 is 0 Å². The number of benzene rings is 1. The van der Waals surface area contributed by atoms with Crippen LogP contribution in [0.3, 0.4) is 0 Å². The molecule has 0 spiro atoms. The van der Waals surface area contributed by atoms with Crippen molar-refractivity contribution in [3.05, 3.63) is 46.5 Å². The van der Waals surface area contributed by atoms with Crippen LogP contribution < -0.4 is 10.6 Å². The van der Waals surface area contributed by atoms with E-state index in [9.17, 15) is 4.79 Å². The minimum absolute atomic E-state index is 0.0722. The number of carbonyl (C=O) groups excluding carboxylic acids is 1. The van der Waals surface area contributed by atoms with E-state index in [4.69, 9.17) is 17.3 Å². The highest BCUT2D eigenvalue weighted by Crippen LogP contribution is 2.41. The number of imidazole rings is 1. The van der Waals surface area contributed by atoms with E-state index in [0.29, 0.717) is 17.9 Å². The lowest BCUT2D eigenvalue weighted by molar-refractivity contribution is -0.120. The quantitative estimate of drug-likeness (QED) is 0.871. The lowest BCUT2D eigenvalue weighted by Gasteiger charge is -2.26. The summed E-state index contributed by atoms with van der Waals surface area (Å²) in [7, 11) is 0. The molecule has 2 unspecified atom stereocenters. The third-order valence-corrected chi connectivity index (χ3v) is 4.74. The maximum Gasteiger partial charge on any atom is 0.244 e. The second-order valence-corrected chi connectivity index (χ2v) is 6.70. The van der Waals surface area contributed by atoms with Crippen LogP contribution in [0.4, 0.5) is 5.69 Å². The Morgan fingerprint density at radius 2 is 2.29 bits per heavy atom. The molecule has 0 bridgehead atoms. The number of fused-ring (bicyclic) bond motifs is 1. The molecule has 1 aliphatic rings. The number of nitrogens with two attached hydrogens (primary N) is 1. The topological polar surface area (TPSA) is 75.0 Å². The first-order valence-electron chi connectivity index (χ1n) is 8.46. The Labute approximate surface area is 147 Å². The van der Waals surface area contributed by atoms with Gasteiger partial charge in [-0.15, -0.1) is 0 Å². The predicted molar refractivity (Wildman–Crippen MR) is 96.2 cm³/mol. The SMILES string of the molecule is CCCc1cnc(C2Cc3cc(Cl)ccc3N2C(=O)C(N)CC)[nH]1. The van der Waals surface area contributed by atoms with E-state index in [1.54, 1.807) is 4.90 Å². The average molecular weight is 347 g/mol. The van der Waals surface area contributed by atoms with Gasteiger partial charge in [0.2, 0.25) is 5.91 Å². The molecule has 0 aliphatic carbocycles. The van der Waals surface area contributed by atoms with Gasteiger partial charge in [0.15, 0.2) is 0 Å². The summed E-state index contributed by atoms with van der Waals surface area (Å²) in [4.78, 5) is 22.5. The van der Waals surface area contributed by atoms with Gasteiger partial charge in [0, 0.05) is 29.0 Å². The van der Waals surface area contributed by atoms with Crippen LogP contribution in [0.15, 0.2) is 24.4 Å². The Bertz CT molecular complexity index is 742. The Hall–Kier alpha value is -1.85. The second kappa shape index (κ2) is 6.95. The van der Waals surface area contributed by atoms with Crippen LogP contribution >= 0.6 is 11.6 Å². The summed E-state index contributed by atoms with van der Waals surface area (Å²) in [5.74, 6) is 0.736. The molecule has 0 fully saturated rings. The zero-order chi connectivity index (χ0) is 17.3. The number of hydrogen-bond donors (Lipinski definition) is 2. The summed E-state index contributed by atoms with van der Waals surface area (Å²) < 4.78 is 0. The van der Waals surface area contributed by atoms with Crippen LogP contribution in [-0.2, 0) is 17.6 Å². The van der Waals surface area contributed by atoms with Crippen molar-refractivity contribution in [1.29, 1.82) is 0 Å². The van der Waals surface area contributed by atoms with Crippen LogP contribution in [0.5, 0.6) is 0 Å². The van der Waals surface area contributed by atoms with Crippen molar-refractivity contribution in [2.24, 2.45) is 5.73 Å². The largest absolute Gasteiger partial charge is 0.344 e. The van der Waals surface area contributed by atoms with E-state index in [1.165, 1.54) is 0 Å². The first-order valence-corrected chi connectivity index (χ1v) is 8.83. The highest BCUT2D eigenvalue weighted by Gasteiger charge is 2.38. The molecule has 6 heteroatoms. The van der Waals surface area contributed by atoms with E-state index in [1.807, 2.05) is 31.3 Å². The van der Waals surface area contributed by atoms with Crippen molar-refractivity contribution in [2.75, 3.05) is 4.90 Å². The number of halogens is 1. The van der Waals surface area contributed by atoms with Crippen molar-refractivity contribution in [3.63, 3.8) is 0 Å². The summed E-state index contributed by atoms with van der Waals surface area (Å²) >= 11 is 6.13. The second-order valence-electron chi connectivity index (χ2n) is 6.26. The van der Waals surface area contributed by atoms with Crippen molar-refractivity contribution in [3.8, 4) is 0 Å². The van der Waals surface area contributed by atoms with Gasteiger partial charge in [0.25, 0.3) is 0 Å². The monoisotopic (exact) mass is 346 g/mol. The number of nitrogens with one attached hydrogen (secondary N) is 1. The molecule has 24 heavy (non-hydrogen) atoms. The standard InChI is InChI=1S/C18H23ClN4O/c1-3-5-13-10-21-17(22-13)16-9-11-8-12(19)6-7-15(11)23(16)18(24)14(20)4-2/h6-8,10,14,16H,3-5,9,20H2,1-2H3,(H,21,22). The fourth-order valence-corrected chi connectivity index (χ4v) is 3.40. The first kappa shape index (κ1) is 17.0. The minimum Gasteiger partial charge on any atom is -0.344 e. The van der Waals surface area contributed by atoms with Gasteiger partial charge in [0.1, 0.15) is 5.82 Å². The maximum absolute atomic E-state index is 12.9. The molecular weight excluding hydrogens is 324 g/mol. The number of aromatic nitrogens is 2. The van der Waals surface area contributed by atoms with E-state index >= 15 is 0 Å². The summed E-state index contributed by atoms with van der Waals surface area (Å²) in [6, 6.07) is 4.96. The zero-order valence-corrected chi connectivity index (χ0v) is 14.8. The van der Waals surface area contributed by atoms with E-state index in [0.717, 1.165) is 35.6 Å². The van der Waals surface area contributed by atoms with Gasteiger partial charge in [-0.05, 0) is 36.6 Å². The highest BCUT2D eigenvalue weighted by molar-refractivity contribution is 6.30. The molecular formula is C18H23ClN4O. The fraction of sp³-hybridized carbons (Fsp3) is 0.444. The third-order valence-electron chi connectivity index (χ3n) is 4.50. The lowest BCUT2D eigenvalue weighted by atomic mass is 10.1. The lowest BCUT2D eigenvalue weighted by Crippen LogP contribution is -2.44. The smallest absolute Gasteiger partial charge is 0.244 e. The Morgan fingerprint density at radius 1 is 1.50 bits per heavy atom. The van der Waals surface area contributed by atoms with Crippen LogP contribution in [0, 0.1) is 0 Å². The molecule has 128 valence electrons. The van der Waals surface area contributed by atoms with E-state index < -0.39 is 6.04 Å². The van der Waals surface area contributed by atoms with Crippen molar-refractivity contribution in [1.82, 2.24) is 9.97 Å². The Balaban J connectivity index is 1.99. The van der Waals surface area contributed by atoms with Crippen LogP contribution in [0.25, 0.3) is 0 Å². The molecule has 2 heterocycles. The van der Waals surface area contributed by atoms with Crippen LogP contribution in [0.1, 0.15) is 49.8 Å². The predicted octanol–water partition coefficient (Wildman–Crippen LogP) is 3.38. The third kappa shape index (κ3) is 3.06. The number of nitrogens with zero attached hydrogens (tertiary/aromatic N) is 2. The van der Waals surface area contributed by atoms with Gasteiger partial charge in [-0.3, -0.25) is 9.69 Å². The Morgan fingerprint density at radius 3 is 3.00 bits per heavy atom. The molecule has 3 rings (SSSR count). The normalized spacial score (nSPS) is 17.8. The molecule has 1 aliphatic heterocycles.